The van der Waals surface area contributed by atoms with E-state index in [-0.39, 0.29) is 30.3 Å². The van der Waals surface area contributed by atoms with Crippen molar-refractivity contribution in [3.05, 3.63) is 18.6 Å². The number of anilines is 1. The molecular formula is C6H10Cl2N4O. The molecule has 0 aromatic rings. The normalized spacial score (nSPS) is 8.00. The summed E-state index contributed by atoms with van der Waals surface area (Å²) in [6.45, 7) is 0. The quantitative estimate of drug-likeness (QED) is 0.683. The topological polar surface area (TPSA) is 99.1 Å². The van der Waals surface area contributed by atoms with Gasteiger partial charge in [0.05, 0.1) is 11.9 Å². The monoisotopic (exact) mass is 224 g/mol. The molecule has 2 aliphatic heterocycles. The highest BCUT2D eigenvalue weighted by atomic mass is 35.5. The molecule has 0 radical (unpaired) electrons. The van der Waals surface area contributed by atoms with Crippen LogP contribution in [-0.2, 0) is 0 Å². The van der Waals surface area contributed by atoms with Crippen LogP contribution in [0.1, 0.15) is 0 Å². The maximum absolute atomic E-state index is 5.39. The third kappa shape index (κ3) is 2.73. The molecule has 0 saturated carbocycles. The Bertz CT molecular complexity index is 326. The summed E-state index contributed by atoms with van der Waals surface area (Å²) in [6.07, 6.45) is 5.14. The van der Waals surface area contributed by atoms with Gasteiger partial charge in [-0.25, -0.2) is 4.98 Å². The maximum atomic E-state index is 5.39. The number of nitrogens with zero attached hydrogens (tertiary/aromatic N) is 2. The Morgan fingerprint density at radius 2 is 1.85 bits per heavy atom. The predicted molar refractivity (Wildman–Crippen MR) is 55.5 cm³/mol. The largest absolute Gasteiger partial charge is 0.412 e. The number of nitrogens with one attached hydrogen (secondary N) is 1. The number of nitrogens with two attached hydrogens (primary N) is 1. The van der Waals surface area contributed by atoms with E-state index in [1.54, 1.807) is 18.6 Å². The average molecular weight is 225 g/mol. The van der Waals surface area contributed by atoms with Gasteiger partial charge in [0.1, 0.15) is 0 Å². The van der Waals surface area contributed by atoms with Crippen LogP contribution in [-0.4, -0.2) is 20.4 Å². The van der Waals surface area contributed by atoms with Gasteiger partial charge in [0.25, 0.3) is 0 Å². The minimum Gasteiger partial charge on any atom is -0.412 e. The molecule has 0 atom stereocenters. The Hall–Kier alpha value is -1.04. The fourth-order valence-electron chi connectivity index (χ4n) is 0.853. The van der Waals surface area contributed by atoms with Crippen LogP contribution in [0.5, 0.6) is 0 Å². The first-order valence-corrected chi connectivity index (χ1v) is 2.90. The Kier molecular flexibility index (Phi) is 6.22. The molecule has 2 rings (SSSR count). The second-order valence-electron chi connectivity index (χ2n) is 2.04. The number of fused-ring (bicyclic) bond motifs is 1. The lowest BCUT2D eigenvalue weighted by Crippen LogP contribution is -1.94. The average Bonchev–Trinajstić information content (AvgIpc) is 2.33. The zero-order valence-corrected chi connectivity index (χ0v) is 8.15. The summed E-state index contributed by atoms with van der Waals surface area (Å²) in [5.74, 6) is 0.417. The molecule has 0 bridgehead atoms. The number of aromatic amines is 1. The lowest BCUT2D eigenvalue weighted by Gasteiger charge is -1.96. The van der Waals surface area contributed by atoms with Gasteiger partial charge in [-0.15, -0.1) is 24.8 Å². The zero-order valence-electron chi connectivity index (χ0n) is 6.52. The van der Waals surface area contributed by atoms with Gasteiger partial charge in [0.2, 0.25) is 0 Å². The molecule has 0 aromatic carbocycles. The van der Waals surface area contributed by atoms with Crippen LogP contribution in [0.3, 0.4) is 0 Å². The number of aromatic nitrogens is 3. The SMILES string of the molecule is Cl.Cl.Nc1ncc2cncc-2[nH]1.O. The molecule has 0 fully saturated rings. The highest BCUT2D eigenvalue weighted by Crippen LogP contribution is 2.16. The van der Waals surface area contributed by atoms with Gasteiger partial charge >= 0.3 is 0 Å². The smallest absolute Gasteiger partial charge is 0.197 e. The van der Waals surface area contributed by atoms with Crippen LogP contribution >= 0.6 is 24.8 Å². The number of rotatable bonds is 0. The number of H-pyrrole nitrogens is 1. The molecule has 2 heterocycles. The number of hydrogen-bond donors (Lipinski definition) is 2. The van der Waals surface area contributed by atoms with Crippen molar-refractivity contribution in [1.82, 2.24) is 15.0 Å². The van der Waals surface area contributed by atoms with Crippen LogP contribution in [0.2, 0.25) is 0 Å². The molecule has 0 amide bonds. The van der Waals surface area contributed by atoms with Crippen LogP contribution in [0.15, 0.2) is 18.6 Å². The van der Waals surface area contributed by atoms with E-state index in [2.05, 4.69) is 15.0 Å². The number of halogens is 2. The number of nitrogen functional groups attached to an aromatic ring is 1. The van der Waals surface area contributed by atoms with Crippen LogP contribution in [0, 0.1) is 0 Å². The zero-order chi connectivity index (χ0) is 6.97. The van der Waals surface area contributed by atoms with E-state index in [0.29, 0.717) is 5.95 Å². The molecule has 7 heteroatoms. The molecule has 13 heavy (non-hydrogen) atoms. The molecule has 0 saturated heterocycles. The van der Waals surface area contributed by atoms with Crippen molar-refractivity contribution in [3.8, 4) is 11.3 Å². The Labute approximate surface area is 87.2 Å². The van der Waals surface area contributed by atoms with Crippen molar-refractivity contribution in [2.24, 2.45) is 0 Å². The minimum absolute atomic E-state index is 0. The summed E-state index contributed by atoms with van der Waals surface area (Å²) >= 11 is 0. The molecule has 0 spiro atoms. The molecule has 0 aromatic heterocycles. The van der Waals surface area contributed by atoms with E-state index < -0.39 is 0 Å². The van der Waals surface area contributed by atoms with Crippen LogP contribution in [0.4, 0.5) is 5.95 Å². The molecular weight excluding hydrogens is 215 g/mol. The summed E-state index contributed by atoms with van der Waals surface area (Å²) in [5, 5.41) is 0. The van der Waals surface area contributed by atoms with Gasteiger partial charge < -0.3 is 16.2 Å². The standard InChI is InChI=1S/C6H6N4.2ClH.H2O/c7-6-9-2-4-1-8-3-5(4)10-6;;;/h1-3H,(H3,7,9,10);2*1H;1H2. The first-order valence-electron chi connectivity index (χ1n) is 2.90. The van der Waals surface area contributed by atoms with Gasteiger partial charge in [-0.1, -0.05) is 0 Å². The van der Waals surface area contributed by atoms with E-state index >= 15 is 0 Å². The minimum atomic E-state index is 0. The van der Waals surface area contributed by atoms with Crippen molar-refractivity contribution in [2.75, 3.05) is 5.73 Å². The molecule has 0 aliphatic carbocycles. The molecule has 0 unspecified atom stereocenters. The molecule has 5 N–H and O–H groups in total. The predicted octanol–water partition coefficient (Wildman–Crippen LogP) is 0.511. The van der Waals surface area contributed by atoms with E-state index in [9.17, 15) is 0 Å². The Balaban J connectivity index is 0. The second kappa shape index (κ2) is 5.58. The highest BCUT2D eigenvalue weighted by Gasteiger charge is 2.01. The molecule has 2 aliphatic rings. The lowest BCUT2D eigenvalue weighted by molar-refractivity contribution is 0.824. The maximum Gasteiger partial charge on any atom is 0.197 e. The van der Waals surface area contributed by atoms with E-state index in [4.69, 9.17) is 5.73 Å². The third-order valence-corrected chi connectivity index (χ3v) is 1.33. The Morgan fingerprint density at radius 1 is 1.15 bits per heavy atom. The highest BCUT2D eigenvalue weighted by molar-refractivity contribution is 5.85. The van der Waals surface area contributed by atoms with Gasteiger partial charge in [-0.05, 0) is 0 Å². The fraction of sp³-hybridized carbons (Fsp3) is 0. The first kappa shape index (κ1) is 14.5. The first-order chi connectivity index (χ1) is 4.86. The summed E-state index contributed by atoms with van der Waals surface area (Å²) in [4.78, 5) is 10.7. The van der Waals surface area contributed by atoms with Crippen molar-refractivity contribution in [1.29, 1.82) is 0 Å². The molecule has 5 nitrogen and oxygen atoms in total. The van der Waals surface area contributed by atoms with E-state index in [1.165, 1.54) is 0 Å². The van der Waals surface area contributed by atoms with Gasteiger partial charge in [0, 0.05) is 18.0 Å². The van der Waals surface area contributed by atoms with Crippen LogP contribution in [0.25, 0.3) is 11.3 Å². The van der Waals surface area contributed by atoms with Crippen LogP contribution < -0.4 is 5.73 Å². The fourth-order valence-corrected chi connectivity index (χ4v) is 0.853. The summed E-state index contributed by atoms with van der Waals surface area (Å²) in [6, 6.07) is 0. The summed E-state index contributed by atoms with van der Waals surface area (Å²) in [5.41, 5.74) is 7.29. The van der Waals surface area contributed by atoms with Crippen molar-refractivity contribution >= 4 is 30.8 Å². The van der Waals surface area contributed by atoms with E-state index in [0.717, 1.165) is 11.3 Å². The van der Waals surface area contributed by atoms with Gasteiger partial charge in [-0.3, -0.25) is 4.98 Å². The van der Waals surface area contributed by atoms with Crippen molar-refractivity contribution in [3.63, 3.8) is 0 Å². The lowest BCUT2D eigenvalue weighted by atomic mass is 10.3. The van der Waals surface area contributed by atoms with Gasteiger partial charge in [-0.2, -0.15) is 0 Å². The second-order valence-corrected chi connectivity index (χ2v) is 2.04. The van der Waals surface area contributed by atoms with Gasteiger partial charge in [0.15, 0.2) is 5.95 Å². The third-order valence-electron chi connectivity index (χ3n) is 1.33. The number of hydrogen-bond acceptors (Lipinski definition) is 3. The molecule has 74 valence electrons. The Morgan fingerprint density at radius 3 is 2.54 bits per heavy atom. The summed E-state index contributed by atoms with van der Waals surface area (Å²) in [7, 11) is 0. The van der Waals surface area contributed by atoms with Crippen molar-refractivity contribution < 1.29 is 5.48 Å². The van der Waals surface area contributed by atoms with E-state index in [1.807, 2.05) is 0 Å². The summed E-state index contributed by atoms with van der Waals surface area (Å²) < 4.78 is 0. The van der Waals surface area contributed by atoms with Crippen molar-refractivity contribution in [2.45, 2.75) is 0 Å².